The number of hydrogen-bond acceptors (Lipinski definition) is 2. The van der Waals surface area contributed by atoms with Crippen LogP contribution < -0.4 is 5.32 Å². The summed E-state index contributed by atoms with van der Waals surface area (Å²) in [5.74, 6) is 0.308. The van der Waals surface area contributed by atoms with Gasteiger partial charge in [-0.1, -0.05) is 68.4 Å². The second-order valence-corrected chi connectivity index (χ2v) is 6.51. The molecular formula is C20H22N2O2. The summed E-state index contributed by atoms with van der Waals surface area (Å²) in [6.45, 7) is 4.59. The summed E-state index contributed by atoms with van der Waals surface area (Å²) in [4.78, 5) is 26.0. The van der Waals surface area contributed by atoms with E-state index in [1.165, 1.54) is 10.5 Å². The number of carbonyl (C=O) groups is 2. The van der Waals surface area contributed by atoms with Crippen LogP contribution >= 0.6 is 0 Å². The van der Waals surface area contributed by atoms with Crippen LogP contribution in [0.15, 0.2) is 54.6 Å². The minimum Gasteiger partial charge on any atom is -0.325 e. The summed E-state index contributed by atoms with van der Waals surface area (Å²) >= 11 is 0. The van der Waals surface area contributed by atoms with E-state index in [1.807, 2.05) is 42.5 Å². The van der Waals surface area contributed by atoms with Gasteiger partial charge < -0.3 is 5.32 Å². The van der Waals surface area contributed by atoms with Gasteiger partial charge in [0.15, 0.2) is 0 Å². The third-order valence-electron chi connectivity index (χ3n) is 4.38. The molecule has 0 spiro atoms. The third-order valence-corrected chi connectivity index (χ3v) is 4.38. The molecule has 1 aliphatic rings. The van der Waals surface area contributed by atoms with Crippen LogP contribution in [0, 0.1) is 0 Å². The smallest absolute Gasteiger partial charge is 0.325 e. The molecule has 1 aliphatic heterocycles. The second kappa shape index (κ2) is 6.87. The van der Waals surface area contributed by atoms with Gasteiger partial charge in [-0.15, -0.1) is 0 Å². The van der Waals surface area contributed by atoms with Crippen molar-refractivity contribution in [3.8, 4) is 0 Å². The van der Waals surface area contributed by atoms with Crippen LogP contribution in [0.25, 0.3) is 0 Å². The van der Waals surface area contributed by atoms with E-state index in [0.717, 1.165) is 11.1 Å². The first-order chi connectivity index (χ1) is 11.5. The average Bonchev–Trinajstić information content (AvgIpc) is 2.84. The van der Waals surface area contributed by atoms with Gasteiger partial charge in [0, 0.05) is 6.42 Å². The van der Waals surface area contributed by atoms with Gasteiger partial charge in [-0.25, -0.2) is 4.79 Å². The first-order valence-corrected chi connectivity index (χ1v) is 8.29. The maximum absolute atomic E-state index is 12.5. The van der Waals surface area contributed by atoms with E-state index >= 15 is 0 Å². The Bertz CT molecular complexity index is 723. The molecule has 1 heterocycles. The van der Waals surface area contributed by atoms with Crippen molar-refractivity contribution in [2.24, 2.45) is 0 Å². The van der Waals surface area contributed by atoms with Gasteiger partial charge in [0.25, 0.3) is 5.91 Å². The molecule has 4 nitrogen and oxygen atoms in total. The molecule has 1 N–H and O–H groups in total. The Hall–Kier alpha value is -2.62. The fourth-order valence-electron chi connectivity index (χ4n) is 2.91. The van der Waals surface area contributed by atoms with Crippen LogP contribution in [0.1, 0.15) is 36.5 Å². The topological polar surface area (TPSA) is 49.4 Å². The minimum atomic E-state index is -0.477. The lowest BCUT2D eigenvalue weighted by Gasteiger charge is -2.14. The second-order valence-electron chi connectivity index (χ2n) is 6.51. The predicted molar refractivity (Wildman–Crippen MR) is 93.5 cm³/mol. The SMILES string of the molecule is CC(C)c1ccc(CN2C(=O)NC(Cc3ccccc3)C2=O)cc1. The number of nitrogens with one attached hydrogen (secondary N) is 1. The van der Waals surface area contributed by atoms with Crippen molar-refractivity contribution in [1.29, 1.82) is 0 Å². The van der Waals surface area contributed by atoms with E-state index in [2.05, 4.69) is 31.3 Å². The third kappa shape index (κ3) is 3.48. The molecule has 0 saturated carbocycles. The van der Waals surface area contributed by atoms with Crippen molar-refractivity contribution >= 4 is 11.9 Å². The summed E-state index contributed by atoms with van der Waals surface area (Å²) in [7, 11) is 0. The van der Waals surface area contributed by atoms with E-state index in [1.54, 1.807) is 0 Å². The zero-order valence-corrected chi connectivity index (χ0v) is 14.0. The number of hydrogen-bond donors (Lipinski definition) is 1. The number of amides is 3. The Balaban J connectivity index is 1.68. The highest BCUT2D eigenvalue weighted by Gasteiger charge is 2.37. The van der Waals surface area contributed by atoms with Crippen molar-refractivity contribution in [3.05, 3.63) is 71.3 Å². The van der Waals surface area contributed by atoms with E-state index in [4.69, 9.17) is 0 Å². The molecule has 1 fully saturated rings. The van der Waals surface area contributed by atoms with Crippen LogP contribution in [0.5, 0.6) is 0 Å². The molecule has 0 bridgehead atoms. The van der Waals surface area contributed by atoms with Gasteiger partial charge in [0.1, 0.15) is 6.04 Å². The highest BCUT2D eigenvalue weighted by atomic mass is 16.2. The lowest BCUT2D eigenvalue weighted by atomic mass is 10.0. The van der Waals surface area contributed by atoms with E-state index in [9.17, 15) is 9.59 Å². The quantitative estimate of drug-likeness (QED) is 0.857. The Morgan fingerprint density at radius 3 is 2.25 bits per heavy atom. The average molecular weight is 322 g/mol. The molecule has 0 aromatic heterocycles. The molecule has 1 saturated heterocycles. The van der Waals surface area contributed by atoms with Gasteiger partial charge in [0.05, 0.1) is 6.54 Å². The number of benzene rings is 2. The molecule has 1 unspecified atom stereocenters. The summed E-state index contributed by atoms with van der Waals surface area (Å²) < 4.78 is 0. The highest BCUT2D eigenvalue weighted by molar-refractivity contribution is 6.04. The fraction of sp³-hybridized carbons (Fsp3) is 0.300. The lowest BCUT2D eigenvalue weighted by Crippen LogP contribution is -2.32. The van der Waals surface area contributed by atoms with Crippen LogP contribution in [0.2, 0.25) is 0 Å². The van der Waals surface area contributed by atoms with Gasteiger partial charge in [-0.2, -0.15) is 0 Å². The molecule has 3 amide bonds. The Kier molecular flexibility index (Phi) is 4.65. The van der Waals surface area contributed by atoms with Crippen LogP contribution in [0.3, 0.4) is 0 Å². The highest BCUT2D eigenvalue weighted by Crippen LogP contribution is 2.18. The minimum absolute atomic E-state index is 0.156. The number of imide groups is 1. The standard InChI is InChI=1S/C20H22N2O2/c1-14(2)17-10-8-16(9-11-17)13-22-19(23)18(21-20(22)24)12-15-6-4-3-5-7-15/h3-11,14,18H,12-13H2,1-2H3,(H,21,24). The molecular weight excluding hydrogens is 300 g/mol. The maximum atomic E-state index is 12.5. The first-order valence-electron chi connectivity index (χ1n) is 8.29. The number of nitrogens with zero attached hydrogens (tertiary/aromatic N) is 1. The number of rotatable bonds is 5. The Labute approximate surface area is 142 Å². The molecule has 0 aliphatic carbocycles. The Morgan fingerprint density at radius 1 is 0.958 bits per heavy atom. The van der Waals surface area contributed by atoms with Crippen molar-refractivity contribution in [1.82, 2.24) is 10.2 Å². The monoisotopic (exact) mass is 322 g/mol. The van der Waals surface area contributed by atoms with E-state index in [-0.39, 0.29) is 11.9 Å². The molecule has 124 valence electrons. The summed E-state index contributed by atoms with van der Waals surface area (Å²) in [5.41, 5.74) is 3.25. The number of carbonyl (C=O) groups excluding carboxylic acids is 2. The number of urea groups is 1. The fourth-order valence-corrected chi connectivity index (χ4v) is 2.91. The van der Waals surface area contributed by atoms with E-state index in [0.29, 0.717) is 18.9 Å². The normalized spacial score (nSPS) is 17.5. The van der Waals surface area contributed by atoms with Crippen molar-refractivity contribution in [2.45, 2.75) is 38.8 Å². The van der Waals surface area contributed by atoms with Crippen LogP contribution in [-0.4, -0.2) is 22.9 Å². The zero-order valence-electron chi connectivity index (χ0n) is 14.0. The molecule has 24 heavy (non-hydrogen) atoms. The van der Waals surface area contributed by atoms with Gasteiger partial charge in [0.2, 0.25) is 0 Å². The van der Waals surface area contributed by atoms with Crippen molar-refractivity contribution < 1.29 is 9.59 Å². The molecule has 1 atom stereocenters. The lowest BCUT2D eigenvalue weighted by molar-refractivity contribution is -0.127. The van der Waals surface area contributed by atoms with Crippen molar-refractivity contribution in [2.75, 3.05) is 0 Å². The van der Waals surface area contributed by atoms with E-state index < -0.39 is 6.04 Å². The van der Waals surface area contributed by atoms with Gasteiger partial charge in [-0.05, 0) is 22.6 Å². The first kappa shape index (κ1) is 16.2. The molecule has 0 radical (unpaired) electrons. The van der Waals surface area contributed by atoms with Crippen LogP contribution in [0.4, 0.5) is 4.79 Å². The largest absolute Gasteiger partial charge is 0.325 e. The summed E-state index contributed by atoms with van der Waals surface area (Å²) in [6.07, 6.45) is 0.522. The summed E-state index contributed by atoms with van der Waals surface area (Å²) in [6, 6.07) is 17.0. The molecule has 2 aromatic carbocycles. The predicted octanol–water partition coefficient (Wildman–Crippen LogP) is 3.47. The van der Waals surface area contributed by atoms with Gasteiger partial charge in [-0.3, -0.25) is 9.69 Å². The maximum Gasteiger partial charge on any atom is 0.325 e. The van der Waals surface area contributed by atoms with Crippen LogP contribution in [-0.2, 0) is 17.8 Å². The Morgan fingerprint density at radius 2 is 1.62 bits per heavy atom. The van der Waals surface area contributed by atoms with Gasteiger partial charge >= 0.3 is 6.03 Å². The zero-order chi connectivity index (χ0) is 17.1. The summed E-state index contributed by atoms with van der Waals surface area (Å²) in [5, 5.41) is 2.79. The van der Waals surface area contributed by atoms with Crippen molar-refractivity contribution in [3.63, 3.8) is 0 Å². The molecule has 4 heteroatoms. The molecule has 2 aromatic rings. The molecule has 3 rings (SSSR count).